The van der Waals surface area contributed by atoms with Crippen LogP contribution in [0.15, 0.2) is 18.2 Å². The molecule has 1 atom stereocenters. The number of hydrogen-bond acceptors (Lipinski definition) is 1. The molecule has 0 aliphatic carbocycles. The normalized spacial score (nSPS) is 13.7. The first-order chi connectivity index (χ1) is 8.38. The zero-order chi connectivity index (χ0) is 13.8. The largest absolute Gasteiger partial charge is 0.416 e. The fraction of sp³-hybridized carbons (Fsp3) is 0.571. The quantitative estimate of drug-likeness (QED) is 0.844. The minimum absolute atomic E-state index is 0.423. The summed E-state index contributed by atoms with van der Waals surface area (Å²) < 4.78 is 37.5. The number of rotatable bonds is 5. The van der Waals surface area contributed by atoms with Gasteiger partial charge in [-0.25, -0.2) is 0 Å². The maximum absolute atomic E-state index is 12.5. The SMILES string of the molecule is CCC(CCc1ccc(C(F)(F)F)cc1C)NC. The Balaban J connectivity index is 2.74. The Morgan fingerprint density at radius 2 is 1.94 bits per heavy atom. The van der Waals surface area contributed by atoms with Crippen LogP contribution in [0.5, 0.6) is 0 Å². The summed E-state index contributed by atoms with van der Waals surface area (Å²) in [6, 6.07) is 4.42. The Labute approximate surface area is 106 Å². The number of alkyl halides is 3. The highest BCUT2D eigenvalue weighted by Gasteiger charge is 2.30. The summed E-state index contributed by atoms with van der Waals surface area (Å²) in [6.45, 7) is 3.84. The summed E-state index contributed by atoms with van der Waals surface area (Å²) in [6.07, 6.45) is -1.47. The van der Waals surface area contributed by atoms with Crippen LogP contribution in [0.2, 0.25) is 0 Å². The third-order valence-corrected chi connectivity index (χ3v) is 3.33. The van der Waals surface area contributed by atoms with Gasteiger partial charge in [-0.1, -0.05) is 13.0 Å². The van der Waals surface area contributed by atoms with E-state index in [1.165, 1.54) is 12.1 Å². The molecule has 0 saturated carbocycles. The van der Waals surface area contributed by atoms with Gasteiger partial charge in [0.1, 0.15) is 0 Å². The smallest absolute Gasteiger partial charge is 0.317 e. The van der Waals surface area contributed by atoms with Crippen molar-refractivity contribution >= 4 is 0 Å². The van der Waals surface area contributed by atoms with Gasteiger partial charge in [-0.05, 0) is 56.5 Å². The summed E-state index contributed by atoms with van der Waals surface area (Å²) in [5.41, 5.74) is 1.15. The van der Waals surface area contributed by atoms with Gasteiger partial charge in [0.15, 0.2) is 0 Å². The van der Waals surface area contributed by atoms with Gasteiger partial charge in [0.05, 0.1) is 5.56 Å². The van der Waals surface area contributed by atoms with E-state index in [1.807, 2.05) is 7.05 Å². The molecule has 0 amide bonds. The maximum atomic E-state index is 12.5. The molecule has 0 aromatic heterocycles. The second-order valence-corrected chi connectivity index (χ2v) is 4.57. The number of hydrogen-bond donors (Lipinski definition) is 1. The minimum Gasteiger partial charge on any atom is -0.317 e. The first-order valence-electron chi connectivity index (χ1n) is 6.22. The van der Waals surface area contributed by atoms with Crippen molar-refractivity contribution in [1.82, 2.24) is 5.32 Å². The fourth-order valence-corrected chi connectivity index (χ4v) is 2.04. The van der Waals surface area contributed by atoms with Crippen LogP contribution in [0.3, 0.4) is 0 Å². The van der Waals surface area contributed by atoms with Crippen molar-refractivity contribution in [3.05, 3.63) is 34.9 Å². The lowest BCUT2D eigenvalue weighted by atomic mass is 9.98. The van der Waals surface area contributed by atoms with Gasteiger partial charge >= 0.3 is 6.18 Å². The van der Waals surface area contributed by atoms with Crippen molar-refractivity contribution in [2.45, 2.75) is 45.3 Å². The molecule has 1 aromatic carbocycles. The molecular formula is C14H20F3N. The van der Waals surface area contributed by atoms with Gasteiger partial charge in [-0.3, -0.25) is 0 Å². The molecule has 18 heavy (non-hydrogen) atoms. The number of aryl methyl sites for hydroxylation is 2. The molecular weight excluding hydrogens is 239 g/mol. The summed E-state index contributed by atoms with van der Waals surface area (Å²) in [7, 11) is 1.91. The van der Waals surface area contributed by atoms with Crippen LogP contribution in [0.4, 0.5) is 13.2 Å². The number of nitrogens with one attached hydrogen (secondary N) is 1. The lowest BCUT2D eigenvalue weighted by Gasteiger charge is -2.15. The Bertz CT molecular complexity index is 381. The van der Waals surface area contributed by atoms with E-state index >= 15 is 0 Å². The van der Waals surface area contributed by atoms with E-state index in [4.69, 9.17) is 0 Å². The molecule has 4 heteroatoms. The fourth-order valence-electron chi connectivity index (χ4n) is 2.04. The lowest BCUT2D eigenvalue weighted by Crippen LogP contribution is -2.24. The molecule has 102 valence electrons. The van der Waals surface area contributed by atoms with Crippen molar-refractivity contribution in [2.24, 2.45) is 0 Å². The van der Waals surface area contributed by atoms with E-state index in [0.29, 0.717) is 6.04 Å². The second-order valence-electron chi connectivity index (χ2n) is 4.57. The van der Waals surface area contributed by atoms with Crippen LogP contribution in [-0.4, -0.2) is 13.1 Å². The summed E-state index contributed by atoms with van der Waals surface area (Å²) >= 11 is 0. The van der Waals surface area contributed by atoms with Crippen molar-refractivity contribution < 1.29 is 13.2 Å². The predicted octanol–water partition coefficient (Wildman–Crippen LogP) is 3.94. The number of halogens is 3. The molecule has 0 aliphatic rings. The van der Waals surface area contributed by atoms with E-state index in [1.54, 1.807) is 13.0 Å². The van der Waals surface area contributed by atoms with E-state index < -0.39 is 11.7 Å². The summed E-state index contributed by atoms with van der Waals surface area (Å²) in [4.78, 5) is 0. The van der Waals surface area contributed by atoms with Gasteiger partial charge < -0.3 is 5.32 Å². The third kappa shape index (κ3) is 4.02. The topological polar surface area (TPSA) is 12.0 Å². The average Bonchev–Trinajstić information content (AvgIpc) is 2.30. The second kappa shape index (κ2) is 6.23. The van der Waals surface area contributed by atoms with Crippen molar-refractivity contribution in [3.8, 4) is 0 Å². The van der Waals surface area contributed by atoms with Gasteiger partial charge in [0, 0.05) is 6.04 Å². The molecule has 0 bridgehead atoms. The highest BCUT2D eigenvalue weighted by atomic mass is 19.4. The Morgan fingerprint density at radius 1 is 1.28 bits per heavy atom. The van der Waals surface area contributed by atoms with E-state index in [9.17, 15) is 13.2 Å². The Hall–Kier alpha value is -1.03. The molecule has 0 heterocycles. The zero-order valence-electron chi connectivity index (χ0n) is 11.1. The third-order valence-electron chi connectivity index (χ3n) is 3.33. The van der Waals surface area contributed by atoms with Crippen LogP contribution >= 0.6 is 0 Å². The highest BCUT2D eigenvalue weighted by molar-refractivity contribution is 5.32. The standard InChI is InChI=1S/C14H20F3N/c1-4-13(18-3)8-6-11-5-7-12(9-10(11)2)14(15,16)17/h5,7,9,13,18H,4,6,8H2,1-3H3. The van der Waals surface area contributed by atoms with Crippen LogP contribution in [-0.2, 0) is 12.6 Å². The zero-order valence-corrected chi connectivity index (χ0v) is 11.1. The monoisotopic (exact) mass is 259 g/mol. The number of benzene rings is 1. The Kier molecular flexibility index (Phi) is 5.20. The lowest BCUT2D eigenvalue weighted by molar-refractivity contribution is -0.137. The molecule has 1 nitrogen and oxygen atoms in total. The highest BCUT2D eigenvalue weighted by Crippen LogP contribution is 2.30. The minimum atomic E-state index is -4.25. The first kappa shape index (κ1) is 15.0. The predicted molar refractivity (Wildman–Crippen MR) is 67.6 cm³/mol. The van der Waals surface area contributed by atoms with Crippen molar-refractivity contribution in [3.63, 3.8) is 0 Å². The molecule has 1 unspecified atom stereocenters. The van der Waals surface area contributed by atoms with Crippen LogP contribution < -0.4 is 5.32 Å². The van der Waals surface area contributed by atoms with Gasteiger partial charge in [0.25, 0.3) is 0 Å². The van der Waals surface area contributed by atoms with Crippen LogP contribution in [0.25, 0.3) is 0 Å². The summed E-state index contributed by atoms with van der Waals surface area (Å²) in [5.74, 6) is 0. The van der Waals surface area contributed by atoms with E-state index in [-0.39, 0.29) is 0 Å². The molecule has 1 aromatic rings. The molecule has 0 aliphatic heterocycles. The summed E-state index contributed by atoms with van der Waals surface area (Å²) in [5, 5.41) is 3.20. The Morgan fingerprint density at radius 3 is 2.39 bits per heavy atom. The molecule has 0 spiro atoms. The molecule has 1 rings (SSSR count). The van der Waals surface area contributed by atoms with Crippen molar-refractivity contribution in [1.29, 1.82) is 0 Å². The molecule has 1 N–H and O–H groups in total. The van der Waals surface area contributed by atoms with Gasteiger partial charge in [0.2, 0.25) is 0 Å². The van der Waals surface area contributed by atoms with E-state index in [2.05, 4.69) is 12.2 Å². The molecule has 0 radical (unpaired) electrons. The first-order valence-corrected chi connectivity index (χ1v) is 6.22. The van der Waals surface area contributed by atoms with Crippen LogP contribution in [0, 0.1) is 6.92 Å². The molecule has 0 fully saturated rings. The molecule has 0 saturated heterocycles. The van der Waals surface area contributed by atoms with Crippen LogP contribution in [0.1, 0.15) is 36.5 Å². The van der Waals surface area contributed by atoms with Gasteiger partial charge in [-0.15, -0.1) is 0 Å². The van der Waals surface area contributed by atoms with Crippen molar-refractivity contribution in [2.75, 3.05) is 7.05 Å². The maximum Gasteiger partial charge on any atom is 0.416 e. The van der Waals surface area contributed by atoms with Gasteiger partial charge in [-0.2, -0.15) is 13.2 Å². The van der Waals surface area contributed by atoms with E-state index in [0.717, 1.165) is 30.4 Å². The average molecular weight is 259 g/mol.